The summed E-state index contributed by atoms with van der Waals surface area (Å²) in [5, 5.41) is 6.54. The fraction of sp³-hybridized carbons (Fsp3) is 0.938. The van der Waals surface area contributed by atoms with Crippen LogP contribution in [0.4, 0.5) is 4.79 Å². The van der Waals surface area contributed by atoms with Gasteiger partial charge in [0.1, 0.15) is 5.60 Å². The second-order valence-corrected chi connectivity index (χ2v) is 7.15. The summed E-state index contributed by atoms with van der Waals surface area (Å²) in [6, 6.07) is 1.20. The number of carbonyl (C=O) groups excluding carboxylic acids is 1. The minimum atomic E-state index is -0.447. The van der Waals surface area contributed by atoms with Crippen LogP contribution in [0.1, 0.15) is 66.2 Å². The number of nitrogens with two attached hydrogens (primary N) is 1. The zero-order valence-corrected chi connectivity index (χ0v) is 14.1. The van der Waals surface area contributed by atoms with Crippen LogP contribution in [0.5, 0.6) is 0 Å². The number of ether oxygens (including phenoxy) is 1. The molecule has 0 spiro atoms. The lowest BCUT2D eigenvalue weighted by Gasteiger charge is -2.31. The molecule has 4 N–H and O–H groups in total. The van der Waals surface area contributed by atoms with Gasteiger partial charge in [0.05, 0.1) is 0 Å². The van der Waals surface area contributed by atoms with Crippen LogP contribution in [0.2, 0.25) is 0 Å². The first-order valence-electron chi connectivity index (χ1n) is 8.28. The van der Waals surface area contributed by atoms with Crippen LogP contribution in [-0.4, -0.2) is 36.4 Å². The lowest BCUT2D eigenvalue weighted by Crippen LogP contribution is -2.48. The summed E-state index contributed by atoms with van der Waals surface area (Å²) < 4.78 is 5.28. The van der Waals surface area contributed by atoms with Crippen molar-refractivity contribution in [3.8, 4) is 0 Å². The van der Waals surface area contributed by atoms with Gasteiger partial charge in [-0.15, -0.1) is 0 Å². The number of hydrogen-bond acceptors (Lipinski definition) is 4. The van der Waals surface area contributed by atoms with Gasteiger partial charge >= 0.3 is 6.09 Å². The van der Waals surface area contributed by atoms with Crippen LogP contribution in [-0.2, 0) is 4.74 Å². The van der Waals surface area contributed by atoms with Crippen molar-refractivity contribution >= 4 is 6.09 Å². The van der Waals surface area contributed by atoms with E-state index >= 15 is 0 Å². The van der Waals surface area contributed by atoms with Crippen molar-refractivity contribution in [3.05, 3.63) is 0 Å². The summed E-state index contributed by atoms with van der Waals surface area (Å²) in [6.45, 7) is 8.41. The summed E-state index contributed by atoms with van der Waals surface area (Å²) in [5.41, 5.74) is 5.50. The molecule has 1 aliphatic rings. The molecule has 0 aromatic rings. The maximum atomic E-state index is 11.7. The van der Waals surface area contributed by atoms with Gasteiger partial charge in [-0.25, -0.2) is 4.79 Å². The standard InChI is InChI=1S/C16H33N3O2/c1-5-6-14(11-18-15(20)21-16(2,3)4)19-13-9-7-12(17)8-10-13/h12-14,19H,5-11,17H2,1-4H3,(H,18,20). The van der Waals surface area contributed by atoms with E-state index < -0.39 is 5.60 Å². The van der Waals surface area contributed by atoms with Gasteiger partial charge in [-0.2, -0.15) is 0 Å². The number of nitrogens with one attached hydrogen (secondary N) is 2. The highest BCUT2D eigenvalue weighted by Gasteiger charge is 2.22. The largest absolute Gasteiger partial charge is 0.444 e. The Bertz CT molecular complexity index is 307. The number of amides is 1. The van der Waals surface area contributed by atoms with Gasteiger partial charge in [0.15, 0.2) is 0 Å². The highest BCUT2D eigenvalue weighted by molar-refractivity contribution is 5.67. The molecule has 0 radical (unpaired) electrons. The Hall–Kier alpha value is -0.810. The van der Waals surface area contributed by atoms with Crippen LogP contribution in [0.25, 0.3) is 0 Å². The second kappa shape index (κ2) is 8.59. The predicted octanol–water partition coefficient (Wildman–Crippen LogP) is 2.54. The number of hydrogen-bond donors (Lipinski definition) is 3. The highest BCUT2D eigenvalue weighted by Crippen LogP contribution is 2.18. The molecular formula is C16H33N3O2. The lowest BCUT2D eigenvalue weighted by molar-refractivity contribution is 0.0520. The first kappa shape index (κ1) is 18.2. The van der Waals surface area contributed by atoms with E-state index in [9.17, 15) is 4.79 Å². The third-order valence-electron chi connectivity index (χ3n) is 3.77. The monoisotopic (exact) mass is 299 g/mol. The van der Waals surface area contributed by atoms with E-state index in [-0.39, 0.29) is 6.09 Å². The molecule has 1 fully saturated rings. The van der Waals surface area contributed by atoms with E-state index in [1.807, 2.05) is 20.8 Å². The van der Waals surface area contributed by atoms with Gasteiger partial charge in [-0.3, -0.25) is 0 Å². The predicted molar refractivity (Wildman–Crippen MR) is 86.3 cm³/mol. The van der Waals surface area contributed by atoms with Gasteiger partial charge in [0.2, 0.25) is 0 Å². The number of rotatable bonds is 6. The Morgan fingerprint density at radius 2 is 1.90 bits per heavy atom. The molecule has 0 aromatic carbocycles. The van der Waals surface area contributed by atoms with Crippen molar-refractivity contribution in [1.29, 1.82) is 0 Å². The van der Waals surface area contributed by atoms with Crippen LogP contribution in [0.3, 0.4) is 0 Å². The normalized spacial score (nSPS) is 24.4. The first-order valence-corrected chi connectivity index (χ1v) is 8.28. The molecule has 1 amide bonds. The molecular weight excluding hydrogens is 266 g/mol. The Labute approximate surface area is 129 Å². The summed E-state index contributed by atoms with van der Waals surface area (Å²) in [6.07, 6.45) is 6.27. The third-order valence-corrected chi connectivity index (χ3v) is 3.77. The molecule has 1 atom stereocenters. The van der Waals surface area contributed by atoms with Crippen molar-refractivity contribution in [1.82, 2.24) is 10.6 Å². The van der Waals surface area contributed by atoms with Crippen LogP contribution in [0.15, 0.2) is 0 Å². The third kappa shape index (κ3) is 8.27. The molecule has 0 bridgehead atoms. The molecule has 1 aliphatic carbocycles. The molecule has 1 unspecified atom stereocenters. The fourth-order valence-electron chi connectivity index (χ4n) is 2.73. The molecule has 0 heterocycles. The van der Waals surface area contributed by atoms with Gasteiger partial charge in [-0.1, -0.05) is 13.3 Å². The maximum absolute atomic E-state index is 11.7. The van der Waals surface area contributed by atoms with E-state index in [4.69, 9.17) is 10.5 Å². The molecule has 0 aromatic heterocycles. The van der Waals surface area contributed by atoms with E-state index in [0.29, 0.717) is 24.7 Å². The van der Waals surface area contributed by atoms with Gasteiger partial charge in [0, 0.05) is 24.7 Å². The first-order chi connectivity index (χ1) is 9.80. The lowest BCUT2D eigenvalue weighted by atomic mass is 9.91. The van der Waals surface area contributed by atoms with Gasteiger partial charge < -0.3 is 21.1 Å². The molecule has 5 heteroatoms. The minimum absolute atomic E-state index is 0.307. The molecule has 1 saturated carbocycles. The van der Waals surface area contributed by atoms with Crippen molar-refractivity contribution in [2.75, 3.05) is 6.54 Å². The van der Waals surface area contributed by atoms with Crippen LogP contribution < -0.4 is 16.4 Å². The molecule has 0 saturated heterocycles. The smallest absolute Gasteiger partial charge is 0.407 e. The van der Waals surface area contributed by atoms with Gasteiger partial charge in [-0.05, 0) is 52.9 Å². The quantitative estimate of drug-likeness (QED) is 0.704. The van der Waals surface area contributed by atoms with Crippen LogP contribution in [0, 0.1) is 0 Å². The number of carbonyl (C=O) groups is 1. The topological polar surface area (TPSA) is 76.4 Å². The van der Waals surface area contributed by atoms with E-state index in [1.165, 1.54) is 0 Å². The van der Waals surface area contributed by atoms with Crippen LogP contribution >= 0.6 is 0 Å². The molecule has 124 valence electrons. The highest BCUT2D eigenvalue weighted by atomic mass is 16.6. The van der Waals surface area contributed by atoms with Crippen molar-refractivity contribution < 1.29 is 9.53 Å². The molecule has 5 nitrogen and oxygen atoms in total. The summed E-state index contributed by atoms with van der Waals surface area (Å²) in [4.78, 5) is 11.7. The van der Waals surface area contributed by atoms with Crippen molar-refractivity contribution in [2.45, 2.75) is 89.9 Å². The Morgan fingerprint density at radius 1 is 1.29 bits per heavy atom. The molecule has 0 aliphatic heterocycles. The van der Waals surface area contributed by atoms with Crippen molar-refractivity contribution in [2.24, 2.45) is 5.73 Å². The maximum Gasteiger partial charge on any atom is 0.407 e. The minimum Gasteiger partial charge on any atom is -0.444 e. The average molecular weight is 299 g/mol. The Morgan fingerprint density at radius 3 is 2.43 bits per heavy atom. The zero-order chi connectivity index (χ0) is 15.9. The zero-order valence-electron chi connectivity index (χ0n) is 14.1. The summed E-state index contributed by atoms with van der Waals surface area (Å²) in [5.74, 6) is 0. The average Bonchev–Trinajstić information content (AvgIpc) is 2.37. The van der Waals surface area contributed by atoms with Crippen molar-refractivity contribution in [3.63, 3.8) is 0 Å². The Kier molecular flexibility index (Phi) is 7.46. The van der Waals surface area contributed by atoms with E-state index in [0.717, 1.165) is 38.5 Å². The summed E-state index contributed by atoms with van der Waals surface area (Å²) in [7, 11) is 0. The Balaban J connectivity index is 2.34. The van der Waals surface area contributed by atoms with Gasteiger partial charge in [0.25, 0.3) is 0 Å². The second-order valence-electron chi connectivity index (χ2n) is 7.15. The van der Waals surface area contributed by atoms with E-state index in [1.54, 1.807) is 0 Å². The molecule has 1 rings (SSSR count). The summed E-state index contributed by atoms with van der Waals surface area (Å²) >= 11 is 0. The number of alkyl carbamates (subject to hydrolysis) is 1. The fourth-order valence-corrected chi connectivity index (χ4v) is 2.73. The van der Waals surface area contributed by atoms with E-state index in [2.05, 4.69) is 17.6 Å². The molecule has 21 heavy (non-hydrogen) atoms. The SMILES string of the molecule is CCCC(CNC(=O)OC(C)(C)C)NC1CCC(N)CC1.